The highest BCUT2D eigenvalue weighted by molar-refractivity contribution is 5.76. The van der Waals surface area contributed by atoms with Crippen LogP contribution >= 0.6 is 0 Å². The molecule has 0 aliphatic rings. The molecule has 1 N–H and O–H groups in total. The van der Waals surface area contributed by atoms with Gasteiger partial charge in [0.25, 0.3) is 6.33 Å². The van der Waals surface area contributed by atoms with Gasteiger partial charge in [-0.1, -0.05) is 6.92 Å². The Balaban J connectivity index is 2.69. The fraction of sp³-hybridized carbons (Fsp3) is 0.375. The molecule has 70 valence electrons. The zero-order chi connectivity index (χ0) is 9.84. The summed E-state index contributed by atoms with van der Waals surface area (Å²) in [6.07, 6.45) is 3.73. The molecule has 0 radical (unpaired) electrons. The fourth-order valence-corrected chi connectivity index (χ4v) is 0.916. The molecular formula is C8H11N2O3+. The van der Waals surface area contributed by atoms with Gasteiger partial charge < -0.3 is 5.11 Å². The van der Waals surface area contributed by atoms with Crippen LogP contribution in [0.1, 0.15) is 13.3 Å². The smallest absolute Gasteiger partial charge is 0.446 e. The van der Waals surface area contributed by atoms with Crippen molar-refractivity contribution in [2.24, 2.45) is 0 Å². The summed E-state index contributed by atoms with van der Waals surface area (Å²) in [7, 11) is 0. The van der Waals surface area contributed by atoms with Crippen molar-refractivity contribution in [2.45, 2.75) is 19.9 Å². The van der Waals surface area contributed by atoms with Gasteiger partial charge in [0.1, 0.15) is 18.9 Å². The van der Waals surface area contributed by atoms with E-state index in [0.29, 0.717) is 6.42 Å². The number of hydrogen-bond donors (Lipinski definition) is 1. The molecule has 0 aliphatic carbocycles. The molecule has 1 heterocycles. The van der Waals surface area contributed by atoms with E-state index >= 15 is 0 Å². The lowest BCUT2D eigenvalue weighted by molar-refractivity contribution is -0.683. The molecule has 1 rings (SSSR count). The minimum atomic E-state index is -1.05. The summed E-state index contributed by atoms with van der Waals surface area (Å²) < 4.78 is 2.54. The first kappa shape index (κ1) is 9.44. The SMILES string of the molecule is CCC(=O)C[n+]1ccn(C(=O)O)c1. The third-order valence-electron chi connectivity index (χ3n) is 1.67. The van der Waals surface area contributed by atoms with E-state index in [1.54, 1.807) is 17.7 Å². The van der Waals surface area contributed by atoms with E-state index in [1.165, 1.54) is 12.5 Å². The van der Waals surface area contributed by atoms with E-state index in [1.807, 2.05) is 0 Å². The monoisotopic (exact) mass is 183 g/mol. The van der Waals surface area contributed by atoms with E-state index in [9.17, 15) is 9.59 Å². The van der Waals surface area contributed by atoms with E-state index in [2.05, 4.69) is 0 Å². The maximum atomic E-state index is 11.0. The van der Waals surface area contributed by atoms with Crippen molar-refractivity contribution in [1.29, 1.82) is 0 Å². The van der Waals surface area contributed by atoms with Crippen LogP contribution in [0.5, 0.6) is 0 Å². The first-order chi connectivity index (χ1) is 6.13. The molecule has 0 unspecified atom stereocenters. The second-order valence-corrected chi connectivity index (χ2v) is 2.67. The first-order valence-corrected chi connectivity index (χ1v) is 3.95. The van der Waals surface area contributed by atoms with Gasteiger partial charge in [-0.2, -0.15) is 4.79 Å². The molecule has 0 atom stereocenters. The van der Waals surface area contributed by atoms with Gasteiger partial charge in [0, 0.05) is 6.42 Å². The van der Waals surface area contributed by atoms with Crippen molar-refractivity contribution < 1.29 is 19.3 Å². The Hall–Kier alpha value is -1.65. The lowest BCUT2D eigenvalue weighted by Crippen LogP contribution is -2.35. The number of Topliss-reactive ketones (excluding diaryl/α,β-unsaturated/α-hetero) is 1. The Bertz CT molecular complexity index is 330. The highest BCUT2D eigenvalue weighted by atomic mass is 16.4. The van der Waals surface area contributed by atoms with E-state index in [4.69, 9.17) is 5.11 Å². The van der Waals surface area contributed by atoms with Crippen LogP contribution in [0.3, 0.4) is 0 Å². The standard InChI is InChI=1S/C8H10N2O3/c1-2-7(11)5-9-3-4-10(6-9)8(12)13/h3-4,6H,2,5H2,1H3/p+1. The van der Waals surface area contributed by atoms with Crippen molar-refractivity contribution in [2.75, 3.05) is 0 Å². The average Bonchev–Trinajstić information content (AvgIpc) is 2.52. The predicted molar refractivity (Wildman–Crippen MR) is 43.3 cm³/mol. The number of nitrogens with zero attached hydrogens (tertiary/aromatic N) is 2. The van der Waals surface area contributed by atoms with Gasteiger partial charge in [-0.05, 0) is 0 Å². The van der Waals surface area contributed by atoms with Crippen molar-refractivity contribution in [3.8, 4) is 0 Å². The first-order valence-electron chi connectivity index (χ1n) is 3.95. The molecule has 0 amide bonds. The molecule has 13 heavy (non-hydrogen) atoms. The largest absolute Gasteiger partial charge is 0.509 e. The van der Waals surface area contributed by atoms with Crippen LogP contribution in [-0.2, 0) is 11.3 Å². The van der Waals surface area contributed by atoms with Crippen molar-refractivity contribution >= 4 is 11.9 Å². The summed E-state index contributed by atoms with van der Waals surface area (Å²) >= 11 is 0. The summed E-state index contributed by atoms with van der Waals surface area (Å²) in [6, 6.07) is 0. The van der Waals surface area contributed by atoms with E-state index in [-0.39, 0.29) is 12.3 Å². The molecule has 5 heteroatoms. The summed E-state index contributed by atoms with van der Waals surface area (Å²) in [5.41, 5.74) is 0. The Morgan fingerprint density at radius 1 is 1.54 bits per heavy atom. The quantitative estimate of drug-likeness (QED) is 0.684. The lowest BCUT2D eigenvalue weighted by Gasteiger charge is -1.90. The number of imidazole rings is 1. The van der Waals surface area contributed by atoms with Crippen molar-refractivity contribution in [3.05, 3.63) is 18.7 Å². The number of rotatable bonds is 3. The van der Waals surface area contributed by atoms with Crippen LogP contribution in [0, 0.1) is 0 Å². The number of carbonyl (C=O) groups excluding carboxylic acids is 1. The maximum Gasteiger partial charge on any atom is 0.509 e. The van der Waals surface area contributed by atoms with E-state index in [0.717, 1.165) is 4.57 Å². The lowest BCUT2D eigenvalue weighted by atomic mass is 10.3. The third kappa shape index (κ3) is 2.40. The number of ketones is 1. The van der Waals surface area contributed by atoms with Crippen molar-refractivity contribution in [3.63, 3.8) is 0 Å². The summed E-state index contributed by atoms with van der Waals surface area (Å²) in [5, 5.41) is 8.55. The zero-order valence-electron chi connectivity index (χ0n) is 7.30. The second kappa shape index (κ2) is 3.84. The molecule has 0 saturated heterocycles. The van der Waals surface area contributed by atoms with Gasteiger partial charge in [0.15, 0.2) is 5.78 Å². The van der Waals surface area contributed by atoms with Gasteiger partial charge in [-0.3, -0.25) is 4.79 Å². The number of hydrogen-bond acceptors (Lipinski definition) is 2. The number of carbonyl (C=O) groups is 2. The second-order valence-electron chi connectivity index (χ2n) is 2.67. The van der Waals surface area contributed by atoms with Crippen LogP contribution < -0.4 is 4.57 Å². The molecule has 0 aliphatic heterocycles. The summed E-state index contributed by atoms with van der Waals surface area (Å²) in [5.74, 6) is 0.0770. The highest BCUT2D eigenvalue weighted by Gasteiger charge is 2.11. The van der Waals surface area contributed by atoms with Gasteiger partial charge in [0.2, 0.25) is 0 Å². The molecule has 0 bridgehead atoms. The predicted octanol–water partition coefficient (Wildman–Crippen LogP) is 0.281. The maximum absolute atomic E-state index is 11.0. The van der Waals surface area contributed by atoms with Gasteiger partial charge in [-0.25, -0.2) is 4.57 Å². The topological polar surface area (TPSA) is 63.2 Å². The molecule has 0 spiro atoms. The molecule has 0 saturated carbocycles. The van der Waals surface area contributed by atoms with Crippen LogP contribution in [0.2, 0.25) is 0 Å². The minimum Gasteiger partial charge on any atom is -0.446 e. The van der Waals surface area contributed by atoms with E-state index < -0.39 is 6.09 Å². The average molecular weight is 183 g/mol. The molecule has 0 fully saturated rings. The van der Waals surface area contributed by atoms with Gasteiger partial charge in [-0.15, -0.1) is 4.57 Å². The Morgan fingerprint density at radius 2 is 2.23 bits per heavy atom. The highest BCUT2D eigenvalue weighted by Crippen LogP contribution is 1.85. The summed E-state index contributed by atoms with van der Waals surface area (Å²) in [6.45, 7) is 2.01. The van der Waals surface area contributed by atoms with Crippen LogP contribution in [0.25, 0.3) is 0 Å². The molecular weight excluding hydrogens is 172 g/mol. The minimum absolute atomic E-state index is 0.0770. The Kier molecular flexibility index (Phi) is 2.79. The molecule has 1 aromatic rings. The zero-order valence-corrected chi connectivity index (χ0v) is 7.30. The number of aromatic nitrogens is 2. The third-order valence-corrected chi connectivity index (χ3v) is 1.67. The fourth-order valence-electron chi connectivity index (χ4n) is 0.916. The Labute approximate surface area is 75.2 Å². The molecule has 0 aromatic carbocycles. The molecule has 1 aromatic heterocycles. The normalized spacial score (nSPS) is 9.92. The number of carboxylic acid groups (broad SMARTS) is 1. The summed E-state index contributed by atoms with van der Waals surface area (Å²) in [4.78, 5) is 21.4. The van der Waals surface area contributed by atoms with Gasteiger partial charge >= 0.3 is 6.09 Å². The molecule has 5 nitrogen and oxygen atoms in total. The Morgan fingerprint density at radius 3 is 2.69 bits per heavy atom. The van der Waals surface area contributed by atoms with Crippen LogP contribution in [0.15, 0.2) is 18.7 Å². The van der Waals surface area contributed by atoms with Crippen molar-refractivity contribution in [1.82, 2.24) is 4.57 Å². The van der Waals surface area contributed by atoms with Crippen LogP contribution in [-0.4, -0.2) is 21.6 Å². The van der Waals surface area contributed by atoms with Crippen LogP contribution in [0.4, 0.5) is 4.79 Å². The van der Waals surface area contributed by atoms with Gasteiger partial charge in [0.05, 0.1) is 0 Å².